The topological polar surface area (TPSA) is 98.3 Å². The summed E-state index contributed by atoms with van der Waals surface area (Å²) >= 11 is 11.3. The van der Waals surface area contributed by atoms with E-state index in [1.807, 2.05) is 0 Å². The zero-order chi connectivity index (χ0) is 32.8. The van der Waals surface area contributed by atoms with Crippen LogP contribution >= 0.6 is 24.4 Å². The molecule has 1 heterocycles. The molecule has 0 amide bonds. The molecule has 4 rings (SSSR count). The van der Waals surface area contributed by atoms with Crippen LogP contribution in [0.1, 0.15) is 43.0 Å². The molecule has 0 bridgehead atoms. The molecule has 44 heavy (non-hydrogen) atoms. The van der Waals surface area contributed by atoms with Gasteiger partial charge in [0.2, 0.25) is 0 Å². The first kappa shape index (κ1) is 32.3. The number of thiocarbonyl (C=S) groups is 2. The van der Waals surface area contributed by atoms with Crippen molar-refractivity contribution in [1.82, 2.24) is 5.32 Å². The fourth-order valence-electron chi connectivity index (χ4n) is 4.97. The first-order valence-corrected chi connectivity index (χ1v) is 13.4. The highest BCUT2D eigenvalue weighted by Gasteiger charge is 2.60. The zero-order valence-corrected chi connectivity index (χ0v) is 24.7. The molecule has 1 atom stereocenters. The minimum Gasteiger partial charge on any atom is -0.508 e. The van der Waals surface area contributed by atoms with Gasteiger partial charge in [-0.1, -0.05) is 0 Å². The molecule has 1 saturated heterocycles. The number of nitrogens with one attached hydrogen (secondary N) is 2. The lowest BCUT2D eigenvalue weighted by atomic mass is 9.87. The van der Waals surface area contributed by atoms with Crippen LogP contribution in [0.5, 0.6) is 5.75 Å². The smallest absolute Gasteiger partial charge is 0.417 e. The standard InChI is InChI=1S/C29H22F6N6OS2/c1-26(2)27(3,39-24(43)38-18-6-4-16(14-36)22(12-18)28(30,31)32)41(25(44)40(26)19-8-10-21(42)11-9-19)20-7-5-17(15-37)23(13-20)29(33,34)35/h4-13,42H,1-3H3,(H2,38,39,43). The van der Waals surface area contributed by atoms with Gasteiger partial charge in [-0.3, -0.25) is 4.90 Å². The van der Waals surface area contributed by atoms with Gasteiger partial charge in [0.1, 0.15) is 11.4 Å². The lowest BCUT2D eigenvalue weighted by Crippen LogP contribution is -2.67. The van der Waals surface area contributed by atoms with Gasteiger partial charge in [-0.25, -0.2) is 0 Å². The Morgan fingerprint density at radius 1 is 0.795 bits per heavy atom. The Morgan fingerprint density at radius 2 is 1.30 bits per heavy atom. The second-order valence-corrected chi connectivity index (χ2v) is 11.2. The van der Waals surface area contributed by atoms with E-state index in [0.717, 1.165) is 24.3 Å². The predicted octanol–water partition coefficient (Wildman–Crippen LogP) is 7.27. The number of anilines is 3. The summed E-state index contributed by atoms with van der Waals surface area (Å²) in [6.07, 6.45) is -9.70. The molecular formula is C29H22F6N6OS2. The van der Waals surface area contributed by atoms with Crippen molar-refractivity contribution in [1.29, 1.82) is 10.5 Å². The van der Waals surface area contributed by atoms with Crippen molar-refractivity contribution < 1.29 is 31.4 Å². The Labute approximate surface area is 258 Å². The van der Waals surface area contributed by atoms with Crippen LogP contribution in [-0.4, -0.2) is 26.5 Å². The fourth-order valence-corrected chi connectivity index (χ4v) is 5.91. The van der Waals surface area contributed by atoms with Gasteiger partial charge >= 0.3 is 12.4 Å². The van der Waals surface area contributed by atoms with Gasteiger partial charge in [0.15, 0.2) is 10.2 Å². The minimum atomic E-state index is -4.87. The molecule has 0 spiro atoms. The SMILES string of the molecule is CC1(C)N(c2ccc(O)cc2)C(=S)N(c2ccc(C#N)c(C(F)(F)F)c2)C1(C)NC(=S)Nc1ccc(C#N)c(C(F)(F)F)c1. The van der Waals surface area contributed by atoms with E-state index in [9.17, 15) is 36.7 Å². The summed E-state index contributed by atoms with van der Waals surface area (Å²) in [4.78, 5) is 3.01. The van der Waals surface area contributed by atoms with E-state index in [1.54, 1.807) is 37.8 Å². The van der Waals surface area contributed by atoms with E-state index in [2.05, 4.69) is 10.6 Å². The van der Waals surface area contributed by atoms with Crippen molar-refractivity contribution in [3.63, 3.8) is 0 Å². The molecule has 0 aromatic heterocycles. The number of nitrogens with zero attached hydrogens (tertiary/aromatic N) is 4. The van der Waals surface area contributed by atoms with Crippen molar-refractivity contribution in [3.8, 4) is 17.9 Å². The molecule has 7 nitrogen and oxygen atoms in total. The quantitative estimate of drug-likeness (QED) is 0.199. The Morgan fingerprint density at radius 3 is 1.82 bits per heavy atom. The van der Waals surface area contributed by atoms with Crippen molar-refractivity contribution in [2.75, 3.05) is 15.1 Å². The van der Waals surface area contributed by atoms with Crippen LogP contribution in [0, 0.1) is 22.7 Å². The number of hydrogen-bond acceptors (Lipinski definition) is 5. The molecule has 15 heteroatoms. The lowest BCUT2D eigenvalue weighted by molar-refractivity contribution is -0.138. The monoisotopic (exact) mass is 648 g/mol. The fraction of sp³-hybridized carbons (Fsp3) is 0.241. The molecule has 1 aliphatic rings. The van der Waals surface area contributed by atoms with Crippen molar-refractivity contribution >= 4 is 51.7 Å². The second kappa shape index (κ2) is 11.2. The van der Waals surface area contributed by atoms with Gasteiger partial charge in [-0.15, -0.1) is 0 Å². The predicted molar refractivity (Wildman–Crippen MR) is 160 cm³/mol. The van der Waals surface area contributed by atoms with Gasteiger partial charge in [0, 0.05) is 17.1 Å². The number of phenolic OH excluding ortho intramolecular Hbond substituents is 1. The summed E-state index contributed by atoms with van der Waals surface area (Å²) < 4.78 is 82.6. The molecule has 1 unspecified atom stereocenters. The summed E-state index contributed by atoms with van der Waals surface area (Å²) in [6, 6.07) is 15.0. The van der Waals surface area contributed by atoms with E-state index < -0.39 is 45.8 Å². The number of alkyl halides is 6. The number of phenols is 1. The molecular weight excluding hydrogens is 626 g/mol. The third-order valence-corrected chi connectivity index (χ3v) is 8.00. The molecule has 3 aromatic carbocycles. The van der Waals surface area contributed by atoms with Crippen LogP contribution in [0.4, 0.5) is 43.4 Å². The summed E-state index contributed by atoms with van der Waals surface area (Å²) in [5.41, 5.74) is -5.87. The number of rotatable bonds is 4. The van der Waals surface area contributed by atoms with E-state index >= 15 is 0 Å². The summed E-state index contributed by atoms with van der Waals surface area (Å²) in [6.45, 7) is 5.04. The van der Waals surface area contributed by atoms with Gasteiger partial charge in [0.05, 0.1) is 39.9 Å². The molecule has 1 aliphatic heterocycles. The highest BCUT2D eigenvalue weighted by molar-refractivity contribution is 7.81. The number of halogens is 6. The molecule has 1 fully saturated rings. The van der Waals surface area contributed by atoms with Crippen molar-refractivity contribution in [3.05, 3.63) is 82.9 Å². The zero-order valence-electron chi connectivity index (χ0n) is 23.1. The number of aromatic hydroxyl groups is 1. The van der Waals surface area contributed by atoms with E-state index in [0.29, 0.717) is 5.69 Å². The van der Waals surface area contributed by atoms with E-state index in [4.69, 9.17) is 29.7 Å². The van der Waals surface area contributed by atoms with E-state index in [-0.39, 0.29) is 27.3 Å². The summed E-state index contributed by atoms with van der Waals surface area (Å²) in [5, 5.41) is 33.7. The summed E-state index contributed by atoms with van der Waals surface area (Å²) in [5.74, 6) is -0.0395. The lowest BCUT2D eigenvalue weighted by Gasteiger charge is -2.45. The van der Waals surface area contributed by atoms with Gasteiger partial charge in [-0.05, 0) is 106 Å². The maximum atomic E-state index is 14.0. The van der Waals surface area contributed by atoms with Gasteiger partial charge in [-0.2, -0.15) is 36.9 Å². The average molecular weight is 649 g/mol. The Balaban J connectivity index is 1.83. The van der Waals surface area contributed by atoms with Crippen LogP contribution < -0.4 is 20.4 Å². The molecule has 0 saturated carbocycles. The summed E-state index contributed by atoms with van der Waals surface area (Å²) in [7, 11) is 0. The highest BCUT2D eigenvalue weighted by Crippen LogP contribution is 2.47. The number of benzene rings is 3. The third kappa shape index (κ3) is 5.68. The third-order valence-electron chi connectivity index (χ3n) is 7.44. The maximum absolute atomic E-state index is 14.0. The van der Waals surface area contributed by atoms with Crippen LogP contribution in [0.15, 0.2) is 60.7 Å². The van der Waals surface area contributed by atoms with Crippen molar-refractivity contribution in [2.45, 2.75) is 44.3 Å². The van der Waals surface area contributed by atoms with Crippen molar-refractivity contribution in [2.24, 2.45) is 0 Å². The van der Waals surface area contributed by atoms with Crippen LogP contribution in [0.3, 0.4) is 0 Å². The normalized spacial score (nSPS) is 18.0. The molecule has 3 aromatic rings. The Bertz CT molecular complexity index is 1730. The number of hydrogen-bond donors (Lipinski definition) is 3. The first-order valence-electron chi connectivity index (χ1n) is 12.6. The average Bonchev–Trinajstić information content (AvgIpc) is 3.07. The second-order valence-electron chi connectivity index (χ2n) is 10.4. The number of nitriles is 2. The molecule has 228 valence electrons. The van der Waals surface area contributed by atoms with E-state index in [1.165, 1.54) is 41.3 Å². The Kier molecular flexibility index (Phi) is 8.19. The largest absolute Gasteiger partial charge is 0.508 e. The van der Waals surface area contributed by atoms with Crippen LogP contribution in [-0.2, 0) is 12.4 Å². The van der Waals surface area contributed by atoms with Gasteiger partial charge in [0.25, 0.3) is 0 Å². The highest BCUT2D eigenvalue weighted by atomic mass is 32.1. The minimum absolute atomic E-state index is 0.0223. The Hall–Kier alpha value is -4.60. The van der Waals surface area contributed by atoms with Gasteiger partial charge < -0.3 is 20.6 Å². The molecule has 0 aliphatic carbocycles. The maximum Gasteiger partial charge on any atom is 0.417 e. The molecule has 3 N–H and O–H groups in total. The van der Waals surface area contributed by atoms with Crippen LogP contribution in [0.2, 0.25) is 0 Å². The van der Waals surface area contributed by atoms with Crippen LogP contribution in [0.25, 0.3) is 0 Å². The first-order chi connectivity index (χ1) is 20.3. The molecule has 0 radical (unpaired) electrons.